The highest BCUT2D eigenvalue weighted by atomic mass is 16.6. The summed E-state index contributed by atoms with van der Waals surface area (Å²) < 4.78 is 5.41. The number of nitro benzene ring substituents is 1. The highest BCUT2D eigenvalue weighted by molar-refractivity contribution is 5.58. The van der Waals surface area contributed by atoms with Crippen LogP contribution in [0.2, 0.25) is 0 Å². The molecule has 0 radical (unpaired) electrons. The average Bonchev–Trinajstić information content (AvgIpc) is 2.33. The number of ether oxygens (including phenoxy) is 1. The second kappa shape index (κ2) is 6.83. The third-order valence-electron chi connectivity index (χ3n) is 2.33. The lowest BCUT2D eigenvalue weighted by Gasteiger charge is -2.11. The molecule has 1 aromatic carbocycles. The van der Waals surface area contributed by atoms with Crippen LogP contribution in [0.15, 0.2) is 18.2 Å². The van der Waals surface area contributed by atoms with Crippen molar-refractivity contribution in [1.29, 1.82) is 0 Å². The van der Waals surface area contributed by atoms with Crippen LogP contribution < -0.4 is 10.1 Å². The van der Waals surface area contributed by atoms with Crippen molar-refractivity contribution in [3.05, 3.63) is 28.3 Å². The molecule has 5 nitrogen and oxygen atoms in total. The summed E-state index contributed by atoms with van der Waals surface area (Å²) in [7, 11) is 0. The molecule has 0 bridgehead atoms. The topological polar surface area (TPSA) is 64.4 Å². The summed E-state index contributed by atoms with van der Waals surface area (Å²) in [4.78, 5) is 10.4. The van der Waals surface area contributed by atoms with Crippen LogP contribution in [0.3, 0.4) is 0 Å². The van der Waals surface area contributed by atoms with Crippen molar-refractivity contribution in [3.63, 3.8) is 0 Å². The molecule has 0 aliphatic carbocycles. The second-order valence-electron chi connectivity index (χ2n) is 4.56. The van der Waals surface area contributed by atoms with Gasteiger partial charge in [0.05, 0.1) is 11.5 Å². The molecule has 0 atom stereocenters. The van der Waals surface area contributed by atoms with Crippen molar-refractivity contribution < 1.29 is 9.66 Å². The van der Waals surface area contributed by atoms with Gasteiger partial charge in [0.25, 0.3) is 0 Å². The fourth-order valence-corrected chi connectivity index (χ4v) is 1.42. The second-order valence-corrected chi connectivity index (χ2v) is 4.56. The fraction of sp³-hybridized carbons (Fsp3) is 0.538. The van der Waals surface area contributed by atoms with Crippen molar-refractivity contribution in [2.24, 2.45) is 5.92 Å². The number of hydrogen-bond acceptors (Lipinski definition) is 4. The Balaban J connectivity index is 2.86. The summed E-state index contributed by atoms with van der Waals surface area (Å²) in [6.45, 7) is 7.48. The highest BCUT2D eigenvalue weighted by Gasteiger charge is 2.15. The van der Waals surface area contributed by atoms with Gasteiger partial charge in [-0.3, -0.25) is 10.1 Å². The number of nitro groups is 1. The first-order valence-electron chi connectivity index (χ1n) is 6.19. The molecule has 0 saturated carbocycles. The van der Waals surface area contributed by atoms with Crippen LogP contribution >= 0.6 is 0 Å². The molecule has 0 amide bonds. The highest BCUT2D eigenvalue weighted by Crippen LogP contribution is 2.30. The first-order valence-corrected chi connectivity index (χ1v) is 6.19. The number of nitrogens with zero attached hydrogens (tertiary/aromatic N) is 1. The largest absolute Gasteiger partial charge is 0.487 e. The molecule has 0 spiro atoms. The van der Waals surface area contributed by atoms with E-state index in [1.807, 2.05) is 6.92 Å². The van der Waals surface area contributed by atoms with Gasteiger partial charge in [-0.05, 0) is 18.4 Å². The van der Waals surface area contributed by atoms with Gasteiger partial charge in [0.2, 0.25) is 0 Å². The minimum Gasteiger partial charge on any atom is -0.487 e. The van der Waals surface area contributed by atoms with E-state index in [-0.39, 0.29) is 5.69 Å². The number of hydrogen-bond donors (Lipinski definition) is 1. The van der Waals surface area contributed by atoms with Crippen molar-refractivity contribution in [3.8, 4) is 5.75 Å². The van der Waals surface area contributed by atoms with E-state index in [9.17, 15) is 10.1 Å². The summed E-state index contributed by atoms with van der Waals surface area (Å²) in [6.07, 6.45) is 0.820. The number of benzene rings is 1. The predicted molar refractivity (Wildman–Crippen MR) is 72.2 cm³/mol. The molecule has 5 heteroatoms. The monoisotopic (exact) mass is 252 g/mol. The zero-order chi connectivity index (χ0) is 13.5. The number of anilines is 1. The Morgan fingerprint density at radius 1 is 1.44 bits per heavy atom. The summed E-state index contributed by atoms with van der Waals surface area (Å²) in [5.74, 6) is 0.843. The molecular formula is C13H20N2O3. The van der Waals surface area contributed by atoms with E-state index in [4.69, 9.17) is 4.74 Å². The van der Waals surface area contributed by atoms with Gasteiger partial charge in [-0.1, -0.05) is 20.8 Å². The Kier molecular flexibility index (Phi) is 5.42. The molecule has 0 fully saturated rings. The van der Waals surface area contributed by atoms with Crippen molar-refractivity contribution in [2.75, 3.05) is 18.5 Å². The summed E-state index contributed by atoms with van der Waals surface area (Å²) in [5, 5.41) is 14.1. The maximum atomic E-state index is 10.9. The first-order chi connectivity index (χ1) is 8.54. The van der Waals surface area contributed by atoms with Crippen molar-refractivity contribution >= 4 is 11.4 Å². The van der Waals surface area contributed by atoms with E-state index in [0.717, 1.165) is 18.7 Å². The first kappa shape index (κ1) is 14.3. The maximum absolute atomic E-state index is 10.9. The van der Waals surface area contributed by atoms with E-state index in [1.165, 1.54) is 6.07 Å². The van der Waals surface area contributed by atoms with Gasteiger partial charge in [0.15, 0.2) is 5.75 Å². The lowest BCUT2D eigenvalue weighted by Crippen LogP contribution is -2.08. The van der Waals surface area contributed by atoms with Gasteiger partial charge in [-0.15, -0.1) is 0 Å². The third kappa shape index (κ3) is 4.24. The van der Waals surface area contributed by atoms with E-state index in [1.54, 1.807) is 12.1 Å². The van der Waals surface area contributed by atoms with Gasteiger partial charge in [0.1, 0.15) is 0 Å². The minimum atomic E-state index is -0.419. The molecule has 18 heavy (non-hydrogen) atoms. The van der Waals surface area contributed by atoms with E-state index >= 15 is 0 Å². The molecule has 100 valence electrons. The molecule has 0 heterocycles. The summed E-state index contributed by atoms with van der Waals surface area (Å²) >= 11 is 0. The summed E-state index contributed by atoms with van der Waals surface area (Å²) in [6, 6.07) is 4.88. The molecule has 1 rings (SSSR count). The zero-order valence-electron chi connectivity index (χ0n) is 11.1. The molecule has 0 aromatic heterocycles. The number of rotatable bonds is 7. The van der Waals surface area contributed by atoms with Crippen LogP contribution in [0.1, 0.15) is 27.2 Å². The van der Waals surface area contributed by atoms with E-state index in [2.05, 4.69) is 19.2 Å². The average molecular weight is 252 g/mol. The molecular weight excluding hydrogens is 232 g/mol. The molecule has 0 unspecified atom stereocenters. The van der Waals surface area contributed by atoms with Gasteiger partial charge in [-0.2, -0.15) is 0 Å². The summed E-state index contributed by atoms with van der Waals surface area (Å²) in [5.41, 5.74) is 0.860. The van der Waals surface area contributed by atoms with Crippen molar-refractivity contribution in [2.45, 2.75) is 27.2 Å². The molecule has 1 N–H and O–H groups in total. The lowest BCUT2D eigenvalue weighted by molar-refractivity contribution is -0.385. The lowest BCUT2D eigenvalue weighted by atomic mass is 10.2. The third-order valence-corrected chi connectivity index (χ3v) is 2.33. The van der Waals surface area contributed by atoms with Crippen LogP contribution in [-0.2, 0) is 0 Å². The maximum Gasteiger partial charge on any atom is 0.311 e. The van der Waals surface area contributed by atoms with Crippen LogP contribution in [-0.4, -0.2) is 18.1 Å². The molecule has 0 saturated heterocycles. The van der Waals surface area contributed by atoms with Crippen LogP contribution in [0, 0.1) is 16.0 Å². The van der Waals surface area contributed by atoms with Crippen LogP contribution in [0.5, 0.6) is 5.75 Å². The van der Waals surface area contributed by atoms with Crippen molar-refractivity contribution in [1.82, 2.24) is 0 Å². The molecule has 0 aliphatic heterocycles. The SMILES string of the molecule is CCCOc1cc(NCC(C)C)ccc1[N+](=O)[O-]. The zero-order valence-corrected chi connectivity index (χ0v) is 11.1. The van der Waals surface area contributed by atoms with Crippen LogP contribution in [0.4, 0.5) is 11.4 Å². The Labute approximate surface area is 107 Å². The standard InChI is InChI=1S/C13H20N2O3/c1-4-7-18-13-8-11(14-9-10(2)3)5-6-12(13)15(16)17/h5-6,8,10,14H,4,7,9H2,1-3H3. The van der Waals surface area contributed by atoms with Gasteiger partial charge < -0.3 is 10.1 Å². The fourth-order valence-electron chi connectivity index (χ4n) is 1.42. The van der Waals surface area contributed by atoms with Gasteiger partial charge in [-0.25, -0.2) is 0 Å². The normalized spacial score (nSPS) is 10.4. The van der Waals surface area contributed by atoms with E-state index < -0.39 is 4.92 Å². The van der Waals surface area contributed by atoms with E-state index in [0.29, 0.717) is 18.3 Å². The Morgan fingerprint density at radius 3 is 2.72 bits per heavy atom. The molecule has 0 aliphatic rings. The smallest absolute Gasteiger partial charge is 0.311 e. The molecule has 1 aromatic rings. The predicted octanol–water partition coefficient (Wildman–Crippen LogP) is 3.45. The Bertz CT molecular complexity index is 405. The Morgan fingerprint density at radius 2 is 2.17 bits per heavy atom. The number of nitrogens with one attached hydrogen (secondary N) is 1. The van der Waals surface area contributed by atoms with Gasteiger partial charge >= 0.3 is 5.69 Å². The van der Waals surface area contributed by atoms with Gasteiger partial charge in [0, 0.05) is 24.4 Å². The quantitative estimate of drug-likeness (QED) is 0.596. The van der Waals surface area contributed by atoms with Crippen LogP contribution in [0.25, 0.3) is 0 Å². The Hall–Kier alpha value is -1.78. The minimum absolute atomic E-state index is 0.0125.